The van der Waals surface area contributed by atoms with Crippen LogP contribution < -0.4 is 4.90 Å². The molecule has 2 unspecified atom stereocenters. The van der Waals surface area contributed by atoms with Crippen molar-refractivity contribution >= 4 is 23.5 Å². The highest BCUT2D eigenvalue weighted by atomic mass is 16.4. The Bertz CT molecular complexity index is 602. The molecule has 3 rings (SSSR count). The first-order valence-electron chi connectivity index (χ1n) is 6.43. The highest BCUT2D eigenvalue weighted by Crippen LogP contribution is 2.40. The van der Waals surface area contributed by atoms with Crippen molar-refractivity contribution in [1.82, 2.24) is 0 Å². The van der Waals surface area contributed by atoms with Crippen LogP contribution in [-0.2, 0) is 9.59 Å². The summed E-state index contributed by atoms with van der Waals surface area (Å²) in [6.45, 7) is 0. The molecule has 1 aliphatic heterocycles. The summed E-state index contributed by atoms with van der Waals surface area (Å²) in [5.41, 5.74) is -0.0206. The normalized spacial score (nSPS) is 25.1. The van der Waals surface area contributed by atoms with Gasteiger partial charge in [-0.25, -0.2) is 9.69 Å². The molecule has 6 heteroatoms. The Hall–Kier alpha value is -2.37. The molecule has 2 N–H and O–H groups in total. The molecule has 0 spiro atoms. The number of carbonyl (C=O) groups excluding carboxylic acids is 2. The Labute approximate surface area is 114 Å². The van der Waals surface area contributed by atoms with E-state index < -0.39 is 11.7 Å². The van der Waals surface area contributed by atoms with Gasteiger partial charge in [0.15, 0.2) is 0 Å². The fourth-order valence-electron chi connectivity index (χ4n) is 3.00. The van der Waals surface area contributed by atoms with Crippen LogP contribution >= 0.6 is 0 Å². The number of nitrogens with zero attached hydrogens (tertiary/aromatic N) is 1. The number of aromatic carboxylic acids is 1. The van der Waals surface area contributed by atoms with E-state index in [0.29, 0.717) is 19.3 Å². The van der Waals surface area contributed by atoms with Gasteiger partial charge in [-0.15, -0.1) is 0 Å². The molecule has 2 amide bonds. The third-order valence-corrected chi connectivity index (χ3v) is 4.04. The Morgan fingerprint density at radius 2 is 1.75 bits per heavy atom. The van der Waals surface area contributed by atoms with Gasteiger partial charge in [-0.1, -0.05) is 0 Å². The number of hydrogen-bond donors (Lipinski definition) is 2. The van der Waals surface area contributed by atoms with Gasteiger partial charge in [0, 0.05) is 17.9 Å². The van der Waals surface area contributed by atoms with Gasteiger partial charge in [0.25, 0.3) is 0 Å². The molecule has 2 bridgehead atoms. The lowest BCUT2D eigenvalue weighted by Gasteiger charge is -2.29. The molecule has 2 fully saturated rings. The van der Waals surface area contributed by atoms with Crippen molar-refractivity contribution in [1.29, 1.82) is 0 Å². The number of benzene rings is 1. The average Bonchev–Trinajstić information content (AvgIpc) is 2.83. The molecular formula is C14H13NO5. The minimum atomic E-state index is -1.26. The average molecular weight is 275 g/mol. The van der Waals surface area contributed by atoms with Gasteiger partial charge in [0.1, 0.15) is 11.3 Å². The van der Waals surface area contributed by atoms with Gasteiger partial charge in [0.05, 0.1) is 5.69 Å². The number of hydrogen-bond acceptors (Lipinski definition) is 4. The number of carboxylic acids is 1. The second-order valence-electron chi connectivity index (χ2n) is 5.23. The summed E-state index contributed by atoms with van der Waals surface area (Å²) < 4.78 is 0. The summed E-state index contributed by atoms with van der Waals surface area (Å²) in [6, 6.07) is 3.73. The van der Waals surface area contributed by atoms with Crippen LogP contribution in [-0.4, -0.2) is 28.0 Å². The second kappa shape index (κ2) is 4.33. The minimum Gasteiger partial charge on any atom is -0.507 e. The number of fused-ring (bicyclic) bond motifs is 2. The van der Waals surface area contributed by atoms with Crippen LogP contribution in [0, 0.1) is 11.8 Å². The number of carbonyl (C=O) groups is 3. The molecule has 2 atom stereocenters. The van der Waals surface area contributed by atoms with Crippen LogP contribution in [0.4, 0.5) is 5.69 Å². The molecule has 1 saturated heterocycles. The summed E-state index contributed by atoms with van der Waals surface area (Å²) in [6.07, 6.45) is 2.03. The number of amides is 2. The topological polar surface area (TPSA) is 94.9 Å². The van der Waals surface area contributed by atoms with E-state index in [1.165, 1.54) is 12.1 Å². The van der Waals surface area contributed by atoms with E-state index >= 15 is 0 Å². The van der Waals surface area contributed by atoms with E-state index in [4.69, 9.17) is 5.11 Å². The number of rotatable bonds is 2. The fourth-order valence-corrected chi connectivity index (χ4v) is 3.00. The Balaban J connectivity index is 2.00. The lowest BCUT2D eigenvalue weighted by molar-refractivity contribution is -0.133. The lowest BCUT2D eigenvalue weighted by atomic mass is 9.96. The van der Waals surface area contributed by atoms with Crippen molar-refractivity contribution < 1.29 is 24.6 Å². The van der Waals surface area contributed by atoms with E-state index in [9.17, 15) is 19.5 Å². The Morgan fingerprint density at radius 3 is 2.25 bits per heavy atom. The van der Waals surface area contributed by atoms with Gasteiger partial charge in [-0.05, 0) is 31.4 Å². The lowest BCUT2D eigenvalue weighted by Crippen LogP contribution is -2.46. The van der Waals surface area contributed by atoms with Crippen molar-refractivity contribution in [2.24, 2.45) is 11.8 Å². The minimum absolute atomic E-state index is 0.140. The van der Waals surface area contributed by atoms with E-state index in [-0.39, 0.29) is 34.9 Å². The Kier molecular flexibility index (Phi) is 2.74. The van der Waals surface area contributed by atoms with Gasteiger partial charge in [0.2, 0.25) is 11.8 Å². The maximum Gasteiger partial charge on any atom is 0.339 e. The fraction of sp³-hybridized carbons (Fsp3) is 0.357. The maximum atomic E-state index is 12.2. The first kappa shape index (κ1) is 12.7. The molecule has 2 aliphatic rings. The van der Waals surface area contributed by atoms with Crippen molar-refractivity contribution in [3.63, 3.8) is 0 Å². The van der Waals surface area contributed by atoms with Crippen LogP contribution in [0.15, 0.2) is 18.2 Å². The van der Waals surface area contributed by atoms with Crippen LogP contribution in [0.25, 0.3) is 0 Å². The summed E-state index contributed by atoms with van der Waals surface area (Å²) in [5, 5.41) is 18.5. The van der Waals surface area contributed by atoms with Gasteiger partial charge in [-0.3, -0.25) is 9.59 Å². The molecule has 20 heavy (non-hydrogen) atoms. The molecule has 1 heterocycles. The monoisotopic (exact) mass is 275 g/mol. The highest BCUT2D eigenvalue weighted by Gasteiger charge is 2.45. The molecule has 1 aliphatic carbocycles. The third kappa shape index (κ3) is 1.76. The van der Waals surface area contributed by atoms with E-state index in [1.54, 1.807) is 0 Å². The molecule has 0 radical (unpaired) electrons. The molecular weight excluding hydrogens is 262 g/mol. The predicted octanol–water partition coefficient (Wildman–Crippen LogP) is 1.38. The van der Waals surface area contributed by atoms with Crippen LogP contribution in [0.3, 0.4) is 0 Å². The zero-order valence-electron chi connectivity index (χ0n) is 10.6. The number of phenols is 1. The van der Waals surface area contributed by atoms with Crippen LogP contribution in [0.1, 0.15) is 29.6 Å². The van der Waals surface area contributed by atoms with Gasteiger partial charge in [-0.2, -0.15) is 0 Å². The molecule has 6 nitrogen and oxygen atoms in total. The summed E-state index contributed by atoms with van der Waals surface area (Å²) in [5.74, 6) is -2.51. The highest BCUT2D eigenvalue weighted by molar-refractivity contribution is 6.18. The predicted molar refractivity (Wildman–Crippen MR) is 68.4 cm³/mol. The van der Waals surface area contributed by atoms with E-state index in [2.05, 4.69) is 0 Å². The summed E-state index contributed by atoms with van der Waals surface area (Å²) in [7, 11) is 0. The molecule has 1 saturated carbocycles. The molecule has 1 aromatic carbocycles. The molecule has 104 valence electrons. The maximum absolute atomic E-state index is 12.2. The smallest absolute Gasteiger partial charge is 0.339 e. The van der Waals surface area contributed by atoms with Crippen LogP contribution in [0.2, 0.25) is 0 Å². The van der Waals surface area contributed by atoms with Crippen molar-refractivity contribution in [2.45, 2.75) is 19.3 Å². The number of piperidine rings is 1. The second-order valence-corrected chi connectivity index (χ2v) is 5.23. The summed E-state index contributed by atoms with van der Waals surface area (Å²) in [4.78, 5) is 36.4. The van der Waals surface area contributed by atoms with Crippen molar-refractivity contribution in [3.8, 4) is 5.75 Å². The first-order chi connectivity index (χ1) is 9.49. The van der Waals surface area contributed by atoms with Gasteiger partial charge >= 0.3 is 5.97 Å². The molecule has 1 aromatic rings. The number of anilines is 1. The van der Waals surface area contributed by atoms with Crippen LogP contribution in [0.5, 0.6) is 5.75 Å². The standard InChI is InChI=1S/C14H13NO5/c16-11-6-9(3-4-10(11)14(19)20)15-12(17)7-1-2-8(5-7)13(15)18/h3-4,6-8,16H,1-2,5H2,(H,19,20). The molecule has 0 aromatic heterocycles. The number of imide groups is 1. The first-order valence-corrected chi connectivity index (χ1v) is 6.43. The SMILES string of the molecule is O=C(O)c1ccc(N2C(=O)C3CCC(C3)C2=O)cc1O. The zero-order valence-corrected chi connectivity index (χ0v) is 10.6. The van der Waals surface area contributed by atoms with Gasteiger partial charge < -0.3 is 10.2 Å². The number of carboxylic acid groups (broad SMARTS) is 1. The third-order valence-electron chi connectivity index (χ3n) is 4.04. The van der Waals surface area contributed by atoms with E-state index in [0.717, 1.165) is 11.0 Å². The quantitative estimate of drug-likeness (QED) is 0.795. The Morgan fingerprint density at radius 1 is 1.15 bits per heavy atom. The van der Waals surface area contributed by atoms with E-state index in [1.807, 2.05) is 0 Å². The number of aromatic hydroxyl groups is 1. The van der Waals surface area contributed by atoms with Crippen molar-refractivity contribution in [3.05, 3.63) is 23.8 Å². The summed E-state index contributed by atoms with van der Waals surface area (Å²) >= 11 is 0. The zero-order chi connectivity index (χ0) is 14.4. The van der Waals surface area contributed by atoms with Crippen molar-refractivity contribution in [2.75, 3.05) is 4.90 Å². The largest absolute Gasteiger partial charge is 0.507 e.